The maximum absolute atomic E-state index is 10.7. The van der Waals surface area contributed by atoms with Gasteiger partial charge in [0.05, 0.1) is 0 Å². The molecule has 0 amide bonds. The third-order valence-corrected chi connectivity index (χ3v) is 5.81. The number of aliphatic hydroxyl groups is 1. The Balaban J connectivity index is 1.64. The van der Waals surface area contributed by atoms with E-state index in [1.54, 1.807) is 11.3 Å². The summed E-state index contributed by atoms with van der Waals surface area (Å²) in [7, 11) is 0. The molecule has 1 aliphatic heterocycles. The van der Waals surface area contributed by atoms with E-state index in [9.17, 15) is 5.11 Å². The summed E-state index contributed by atoms with van der Waals surface area (Å²) in [6.45, 7) is 2.09. The van der Waals surface area contributed by atoms with Crippen LogP contribution in [0, 0.1) is 0 Å². The number of aryl methyl sites for hydroxylation is 2. The molecule has 2 nitrogen and oxygen atoms in total. The van der Waals surface area contributed by atoms with Crippen LogP contribution in [-0.4, -0.2) is 11.2 Å². The zero-order chi connectivity index (χ0) is 14.4. The molecule has 21 heavy (non-hydrogen) atoms. The number of aliphatic hydroxyl groups excluding tert-OH is 1. The van der Waals surface area contributed by atoms with Crippen LogP contribution < -0.4 is 4.74 Å². The number of fused-ring (bicyclic) bond motifs is 2. The second-order valence-electron chi connectivity index (χ2n) is 6.21. The Labute approximate surface area is 129 Å². The van der Waals surface area contributed by atoms with E-state index in [2.05, 4.69) is 19.1 Å². The lowest BCUT2D eigenvalue weighted by Crippen LogP contribution is -2.05. The molecule has 0 saturated carbocycles. The van der Waals surface area contributed by atoms with Crippen molar-refractivity contribution in [3.63, 3.8) is 0 Å². The van der Waals surface area contributed by atoms with Gasteiger partial charge in [0.15, 0.2) is 0 Å². The fourth-order valence-corrected chi connectivity index (χ4v) is 4.70. The van der Waals surface area contributed by atoms with Gasteiger partial charge in [-0.05, 0) is 67.5 Å². The predicted octanol–water partition coefficient (Wildman–Crippen LogP) is 4.03. The van der Waals surface area contributed by atoms with Crippen LogP contribution in [0.25, 0.3) is 0 Å². The van der Waals surface area contributed by atoms with Crippen LogP contribution in [0.3, 0.4) is 0 Å². The Morgan fingerprint density at radius 1 is 1.19 bits per heavy atom. The molecule has 2 atom stereocenters. The van der Waals surface area contributed by atoms with Crippen molar-refractivity contribution >= 4 is 11.3 Å². The third-order valence-electron chi connectivity index (χ3n) is 4.52. The first-order valence-electron chi connectivity index (χ1n) is 7.80. The van der Waals surface area contributed by atoms with Crippen molar-refractivity contribution < 1.29 is 9.84 Å². The molecule has 0 bridgehead atoms. The van der Waals surface area contributed by atoms with Crippen LogP contribution in [0.4, 0.5) is 0 Å². The van der Waals surface area contributed by atoms with E-state index < -0.39 is 6.10 Å². The highest BCUT2D eigenvalue weighted by Crippen LogP contribution is 2.37. The zero-order valence-corrected chi connectivity index (χ0v) is 13.1. The molecule has 3 heteroatoms. The molecule has 1 N–H and O–H groups in total. The molecule has 2 heterocycles. The number of benzene rings is 1. The summed E-state index contributed by atoms with van der Waals surface area (Å²) in [6.07, 6.45) is 5.63. The van der Waals surface area contributed by atoms with E-state index in [-0.39, 0.29) is 6.10 Å². The van der Waals surface area contributed by atoms with Crippen molar-refractivity contribution in [2.75, 3.05) is 0 Å². The van der Waals surface area contributed by atoms with Crippen LogP contribution in [0.15, 0.2) is 24.3 Å². The van der Waals surface area contributed by atoms with Gasteiger partial charge in [-0.15, -0.1) is 11.3 Å². The highest BCUT2D eigenvalue weighted by Gasteiger charge is 2.23. The Morgan fingerprint density at radius 3 is 2.90 bits per heavy atom. The summed E-state index contributed by atoms with van der Waals surface area (Å²) in [5.74, 6) is 0.976. The molecule has 2 aromatic rings. The minimum absolute atomic E-state index is 0.251. The summed E-state index contributed by atoms with van der Waals surface area (Å²) < 4.78 is 5.73. The molecule has 0 fully saturated rings. The van der Waals surface area contributed by atoms with Gasteiger partial charge in [-0.2, -0.15) is 0 Å². The minimum atomic E-state index is -0.498. The molecule has 0 radical (unpaired) electrons. The van der Waals surface area contributed by atoms with Gasteiger partial charge in [-0.25, -0.2) is 0 Å². The van der Waals surface area contributed by atoms with Gasteiger partial charge in [-0.1, -0.05) is 6.07 Å². The molecule has 0 saturated heterocycles. The van der Waals surface area contributed by atoms with Crippen LogP contribution >= 0.6 is 11.3 Å². The second kappa shape index (κ2) is 5.15. The van der Waals surface area contributed by atoms with Gasteiger partial charge < -0.3 is 9.84 Å². The van der Waals surface area contributed by atoms with Gasteiger partial charge in [0.2, 0.25) is 0 Å². The summed E-state index contributed by atoms with van der Waals surface area (Å²) in [5, 5.41) is 10.7. The summed E-state index contributed by atoms with van der Waals surface area (Å²) in [6, 6.07) is 8.34. The van der Waals surface area contributed by atoms with E-state index >= 15 is 0 Å². The smallest absolute Gasteiger partial charge is 0.123 e. The van der Waals surface area contributed by atoms with E-state index in [0.717, 1.165) is 22.6 Å². The standard InChI is InChI=1S/C18H20O2S/c1-11-8-14-9-13(6-7-15(14)20-11)18(19)17-10-12-4-2-3-5-16(12)21-17/h6-7,9-11,18-19H,2-5,8H2,1H3. The molecular weight excluding hydrogens is 280 g/mol. The minimum Gasteiger partial charge on any atom is -0.490 e. The van der Waals surface area contributed by atoms with Crippen LogP contribution in [-0.2, 0) is 19.3 Å². The number of ether oxygens (including phenoxy) is 1. The number of rotatable bonds is 2. The van der Waals surface area contributed by atoms with Crippen molar-refractivity contribution in [3.8, 4) is 5.75 Å². The molecular formula is C18H20O2S. The number of hydrogen-bond acceptors (Lipinski definition) is 3. The Hall–Kier alpha value is -1.32. The maximum Gasteiger partial charge on any atom is 0.123 e. The van der Waals surface area contributed by atoms with Gasteiger partial charge in [0.1, 0.15) is 18.0 Å². The largest absolute Gasteiger partial charge is 0.490 e. The van der Waals surface area contributed by atoms with Crippen molar-refractivity contribution in [2.24, 2.45) is 0 Å². The van der Waals surface area contributed by atoms with Gasteiger partial charge >= 0.3 is 0 Å². The fraction of sp³-hybridized carbons (Fsp3) is 0.444. The average Bonchev–Trinajstić information content (AvgIpc) is 3.07. The molecule has 1 aliphatic carbocycles. The van der Waals surface area contributed by atoms with E-state index in [0.29, 0.717) is 0 Å². The van der Waals surface area contributed by atoms with Crippen molar-refractivity contribution in [1.29, 1.82) is 0 Å². The molecule has 2 aliphatic rings. The molecule has 2 unspecified atom stereocenters. The van der Waals surface area contributed by atoms with Crippen molar-refractivity contribution in [2.45, 2.75) is 51.2 Å². The first-order valence-corrected chi connectivity index (χ1v) is 8.61. The summed E-state index contributed by atoms with van der Waals surface area (Å²) in [4.78, 5) is 2.57. The third kappa shape index (κ3) is 2.39. The average molecular weight is 300 g/mol. The molecule has 4 rings (SSSR count). The van der Waals surface area contributed by atoms with Crippen LogP contribution in [0.2, 0.25) is 0 Å². The second-order valence-corrected chi connectivity index (χ2v) is 7.37. The van der Waals surface area contributed by atoms with Crippen LogP contribution in [0.1, 0.15) is 52.3 Å². The molecule has 110 valence electrons. The fourth-order valence-electron chi connectivity index (χ4n) is 3.42. The molecule has 0 spiro atoms. The van der Waals surface area contributed by atoms with E-state index in [1.165, 1.54) is 41.7 Å². The lowest BCUT2D eigenvalue weighted by atomic mass is 9.98. The highest BCUT2D eigenvalue weighted by atomic mass is 32.1. The lowest BCUT2D eigenvalue weighted by molar-refractivity contribution is 0.224. The van der Waals surface area contributed by atoms with Gasteiger partial charge in [0, 0.05) is 16.2 Å². The number of hydrogen-bond donors (Lipinski definition) is 1. The normalized spacial score (nSPS) is 21.5. The molecule has 1 aromatic carbocycles. The van der Waals surface area contributed by atoms with Crippen molar-refractivity contribution in [1.82, 2.24) is 0 Å². The Morgan fingerprint density at radius 2 is 2.05 bits per heavy atom. The van der Waals surface area contributed by atoms with Gasteiger partial charge in [0.25, 0.3) is 0 Å². The Bertz CT molecular complexity index is 650. The number of thiophene rings is 1. The Kier molecular flexibility index (Phi) is 3.27. The summed E-state index contributed by atoms with van der Waals surface area (Å²) >= 11 is 1.79. The van der Waals surface area contributed by atoms with E-state index in [4.69, 9.17) is 4.74 Å². The quantitative estimate of drug-likeness (QED) is 0.907. The first kappa shape index (κ1) is 13.4. The maximum atomic E-state index is 10.7. The SMILES string of the molecule is CC1Cc2cc(C(O)c3cc4c(s3)CCCC4)ccc2O1. The van der Waals surface area contributed by atoms with Crippen LogP contribution in [0.5, 0.6) is 5.75 Å². The zero-order valence-electron chi connectivity index (χ0n) is 12.3. The predicted molar refractivity (Wildman–Crippen MR) is 85.3 cm³/mol. The highest BCUT2D eigenvalue weighted by molar-refractivity contribution is 7.12. The van der Waals surface area contributed by atoms with Crippen molar-refractivity contribution in [3.05, 3.63) is 50.7 Å². The first-order chi connectivity index (χ1) is 10.2. The van der Waals surface area contributed by atoms with Gasteiger partial charge in [-0.3, -0.25) is 0 Å². The summed E-state index contributed by atoms with van der Waals surface area (Å²) in [5.41, 5.74) is 3.67. The topological polar surface area (TPSA) is 29.5 Å². The monoisotopic (exact) mass is 300 g/mol. The van der Waals surface area contributed by atoms with E-state index in [1.807, 2.05) is 12.1 Å². The molecule has 1 aromatic heterocycles. The lowest BCUT2D eigenvalue weighted by Gasteiger charge is -2.10.